The number of nitrogens with zero attached hydrogens (tertiary/aromatic N) is 3. The molecule has 0 aromatic rings. The van der Waals surface area contributed by atoms with E-state index in [2.05, 4.69) is 0 Å². The van der Waals surface area contributed by atoms with Gasteiger partial charge in [0.25, 0.3) is 0 Å². The van der Waals surface area contributed by atoms with Crippen molar-refractivity contribution in [1.29, 1.82) is 0 Å². The molecule has 3 aliphatic rings. The fourth-order valence-electron chi connectivity index (χ4n) is 4.10. The van der Waals surface area contributed by atoms with Crippen molar-refractivity contribution in [2.75, 3.05) is 45.8 Å². The van der Waals surface area contributed by atoms with Crippen LogP contribution in [0.25, 0.3) is 0 Å². The zero-order valence-corrected chi connectivity index (χ0v) is 12.5. The number of carbonyl (C=O) groups is 2. The quantitative estimate of drug-likeness (QED) is 0.823. The summed E-state index contributed by atoms with van der Waals surface area (Å²) in [5.74, 6) is 0.663. The molecule has 0 aromatic heterocycles. The summed E-state index contributed by atoms with van der Waals surface area (Å²) >= 11 is 0. The van der Waals surface area contributed by atoms with E-state index in [1.807, 2.05) is 14.7 Å². The molecular formula is C15H25N3O3. The molecule has 3 fully saturated rings. The van der Waals surface area contributed by atoms with Crippen LogP contribution in [0, 0.1) is 11.8 Å². The van der Waals surface area contributed by atoms with Crippen molar-refractivity contribution in [1.82, 2.24) is 14.7 Å². The van der Waals surface area contributed by atoms with Crippen LogP contribution in [0.4, 0.5) is 4.79 Å². The van der Waals surface area contributed by atoms with Gasteiger partial charge >= 0.3 is 12.0 Å². The van der Waals surface area contributed by atoms with E-state index in [-0.39, 0.29) is 12.6 Å². The molecule has 2 unspecified atom stereocenters. The van der Waals surface area contributed by atoms with Crippen molar-refractivity contribution >= 4 is 12.0 Å². The van der Waals surface area contributed by atoms with E-state index < -0.39 is 5.97 Å². The fourth-order valence-corrected chi connectivity index (χ4v) is 4.10. The normalized spacial score (nSPS) is 30.3. The van der Waals surface area contributed by atoms with Crippen molar-refractivity contribution in [3.8, 4) is 0 Å². The number of aliphatic carboxylic acids is 1. The summed E-state index contributed by atoms with van der Waals surface area (Å²) in [5.41, 5.74) is 0. The molecule has 0 radical (unpaired) electrons. The topological polar surface area (TPSA) is 64.1 Å². The van der Waals surface area contributed by atoms with Crippen molar-refractivity contribution in [2.45, 2.75) is 25.7 Å². The molecule has 6 heteroatoms. The number of carboxylic acids is 1. The van der Waals surface area contributed by atoms with E-state index in [1.54, 1.807) is 0 Å². The Morgan fingerprint density at radius 3 is 2.29 bits per heavy atom. The molecule has 21 heavy (non-hydrogen) atoms. The summed E-state index contributed by atoms with van der Waals surface area (Å²) in [7, 11) is 0. The lowest BCUT2D eigenvalue weighted by Crippen LogP contribution is -2.44. The van der Waals surface area contributed by atoms with E-state index in [1.165, 1.54) is 19.3 Å². The molecule has 2 atom stereocenters. The second-order valence-electron chi connectivity index (χ2n) is 6.65. The predicted molar refractivity (Wildman–Crippen MR) is 78.1 cm³/mol. The van der Waals surface area contributed by atoms with Gasteiger partial charge in [0.05, 0.1) is 6.54 Å². The number of carboxylic acid groups (broad SMARTS) is 1. The van der Waals surface area contributed by atoms with Crippen LogP contribution in [0.15, 0.2) is 0 Å². The highest BCUT2D eigenvalue weighted by Gasteiger charge is 2.39. The zero-order valence-electron chi connectivity index (χ0n) is 12.5. The molecule has 2 saturated heterocycles. The number of urea groups is 1. The second kappa shape index (κ2) is 6.22. The molecule has 2 heterocycles. The summed E-state index contributed by atoms with van der Waals surface area (Å²) in [6, 6.07) is 0.168. The SMILES string of the molecule is O=C(O)CN1CCCN(C(=O)N2CC3CCCC3C2)CC1. The molecule has 0 aromatic carbocycles. The summed E-state index contributed by atoms with van der Waals surface area (Å²) in [5, 5.41) is 8.87. The van der Waals surface area contributed by atoms with Gasteiger partial charge in [-0.3, -0.25) is 9.69 Å². The Labute approximate surface area is 125 Å². The zero-order chi connectivity index (χ0) is 14.8. The Hall–Kier alpha value is -1.30. The predicted octanol–water partition coefficient (Wildman–Crippen LogP) is 0.931. The maximum absolute atomic E-state index is 12.6. The van der Waals surface area contributed by atoms with Crippen LogP contribution in [-0.4, -0.2) is 77.6 Å². The van der Waals surface area contributed by atoms with Gasteiger partial charge in [0.1, 0.15) is 0 Å². The van der Waals surface area contributed by atoms with Crippen molar-refractivity contribution < 1.29 is 14.7 Å². The summed E-state index contributed by atoms with van der Waals surface area (Å²) < 4.78 is 0. The molecule has 1 aliphatic carbocycles. The number of hydrogen-bond donors (Lipinski definition) is 1. The van der Waals surface area contributed by atoms with E-state index in [0.717, 1.165) is 44.4 Å². The number of amides is 2. The van der Waals surface area contributed by atoms with Crippen LogP contribution >= 0.6 is 0 Å². The minimum absolute atomic E-state index is 0.0793. The number of likely N-dealkylation sites (tertiary alicyclic amines) is 1. The summed E-state index contributed by atoms with van der Waals surface area (Å²) in [4.78, 5) is 29.3. The number of carbonyl (C=O) groups excluding carboxylic acids is 1. The molecule has 0 bridgehead atoms. The van der Waals surface area contributed by atoms with Crippen LogP contribution < -0.4 is 0 Å². The lowest BCUT2D eigenvalue weighted by Gasteiger charge is -2.27. The first kappa shape index (κ1) is 14.6. The van der Waals surface area contributed by atoms with E-state index in [9.17, 15) is 9.59 Å². The van der Waals surface area contributed by atoms with Crippen LogP contribution in [0.5, 0.6) is 0 Å². The maximum Gasteiger partial charge on any atom is 0.320 e. The Kier molecular flexibility index (Phi) is 4.33. The highest BCUT2D eigenvalue weighted by molar-refractivity contribution is 5.75. The standard InChI is InChI=1S/C15H25N3O3/c19-14(20)11-16-5-2-6-17(8-7-16)15(21)18-9-12-3-1-4-13(12)10-18/h12-13H,1-11H2,(H,19,20). The monoisotopic (exact) mass is 295 g/mol. The third kappa shape index (κ3) is 3.31. The minimum atomic E-state index is -0.790. The third-order valence-electron chi connectivity index (χ3n) is 5.21. The number of fused-ring (bicyclic) bond motifs is 1. The smallest absolute Gasteiger partial charge is 0.320 e. The molecule has 6 nitrogen and oxygen atoms in total. The highest BCUT2D eigenvalue weighted by atomic mass is 16.4. The molecule has 2 amide bonds. The molecule has 118 valence electrons. The Bertz CT molecular complexity index is 403. The third-order valence-corrected chi connectivity index (χ3v) is 5.21. The van der Waals surface area contributed by atoms with Crippen LogP contribution in [0.1, 0.15) is 25.7 Å². The largest absolute Gasteiger partial charge is 0.480 e. The van der Waals surface area contributed by atoms with Gasteiger partial charge in [0.15, 0.2) is 0 Å². The van der Waals surface area contributed by atoms with Gasteiger partial charge in [-0.15, -0.1) is 0 Å². The van der Waals surface area contributed by atoms with Gasteiger partial charge in [-0.1, -0.05) is 6.42 Å². The van der Waals surface area contributed by atoms with Gasteiger partial charge in [-0.05, 0) is 31.1 Å². The maximum atomic E-state index is 12.6. The molecule has 1 saturated carbocycles. The van der Waals surface area contributed by atoms with Crippen LogP contribution in [0.3, 0.4) is 0 Å². The van der Waals surface area contributed by atoms with Crippen LogP contribution in [-0.2, 0) is 4.79 Å². The average Bonchev–Trinajstić information content (AvgIpc) is 2.94. The highest BCUT2D eigenvalue weighted by Crippen LogP contribution is 2.38. The van der Waals surface area contributed by atoms with Gasteiger partial charge in [0, 0.05) is 39.3 Å². The number of rotatable bonds is 2. The lowest BCUT2D eigenvalue weighted by molar-refractivity contribution is -0.138. The van der Waals surface area contributed by atoms with Gasteiger partial charge in [-0.2, -0.15) is 0 Å². The Balaban J connectivity index is 1.52. The second-order valence-corrected chi connectivity index (χ2v) is 6.65. The van der Waals surface area contributed by atoms with Crippen LogP contribution in [0.2, 0.25) is 0 Å². The van der Waals surface area contributed by atoms with Crippen molar-refractivity contribution in [3.05, 3.63) is 0 Å². The fraction of sp³-hybridized carbons (Fsp3) is 0.867. The Morgan fingerprint density at radius 2 is 1.62 bits per heavy atom. The Morgan fingerprint density at radius 1 is 0.905 bits per heavy atom. The molecule has 2 aliphatic heterocycles. The van der Waals surface area contributed by atoms with Gasteiger partial charge in [-0.25, -0.2) is 4.79 Å². The molecule has 3 rings (SSSR count). The first-order chi connectivity index (χ1) is 10.1. The molecular weight excluding hydrogens is 270 g/mol. The minimum Gasteiger partial charge on any atom is -0.480 e. The number of hydrogen-bond acceptors (Lipinski definition) is 3. The summed E-state index contributed by atoms with van der Waals surface area (Å²) in [6.45, 7) is 4.77. The van der Waals surface area contributed by atoms with E-state index >= 15 is 0 Å². The van der Waals surface area contributed by atoms with Gasteiger partial charge in [0.2, 0.25) is 0 Å². The van der Waals surface area contributed by atoms with Crippen molar-refractivity contribution in [2.24, 2.45) is 11.8 Å². The average molecular weight is 295 g/mol. The van der Waals surface area contributed by atoms with Crippen molar-refractivity contribution in [3.63, 3.8) is 0 Å². The summed E-state index contributed by atoms with van der Waals surface area (Å²) in [6.07, 6.45) is 4.74. The molecule has 0 spiro atoms. The lowest BCUT2D eigenvalue weighted by atomic mass is 10.0. The van der Waals surface area contributed by atoms with E-state index in [4.69, 9.17) is 5.11 Å². The first-order valence-electron chi connectivity index (χ1n) is 8.11. The van der Waals surface area contributed by atoms with Gasteiger partial charge < -0.3 is 14.9 Å². The first-order valence-corrected chi connectivity index (χ1v) is 8.11. The van der Waals surface area contributed by atoms with E-state index in [0.29, 0.717) is 13.1 Å². The molecule has 1 N–H and O–H groups in total.